The maximum atomic E-state index is 13.2. The van der Waals surface area contributed by atoms with Crippen LogP contribution in [0.1, 0.15) is 76.9 Å². The summed E-state index contributed by atoms with van der Waals surface area (Å²) in [5.41, 5.74) is 0. The van der Waals surface area contributed by atoms with Crippen LogP contribution < -0.4 is 0 Å². The van der Waals surface area contributed by atoms with Crippen molar-refractivity contribution in [3.8, 4) is 0 Å². The van der Waals surface area contributed by atoms with Crippen molar-refractivity contribution >= 4 is 36.4 Å². The van der Waals surface area contributed by atoms with E-state index in [4.69, 9.17) is 4.42 Å². The molecular weight excluding hydrogens is 424 g/mol. The number of carbonyl (C=O) groups excluding carboxylic acids is 2. The summed E-state index contributed by atoms with van der Waals surface area (Å²) in [7, 11) is 2.07. The molecule has 0 N–H and O–H groups in total. The molecular formula is C21H37ClN4O3S. The summed E-state index contributed by atoms with van der Waals surface area (Å²) in [4.78, 5) is 29.1. The van der Waals surface area contributed by atoms with E-state index in [-0.39, 0.29) is 36.0 Å². The number of halogens is 1. The number of rotatable bonds is 12. The van der Waals surface area contributed by atoms with Crippen molar-refractivity contribution in [1.29, 1.82) is 0 Å². The number of hydrogen-bond acceptors (Lipinski definition) is 7. The van der Waals surface area contributed by atoms with E-state index in [0.717, 1.165) is 44.4 Å². The summed E-state index contributed by atoms with van der Waals surface area (Å²) in [5, 5.41) is 8.44. The molecule has 1 heterocycles. The number of thioether (sulfide) groups is 1. The largest absolute Gasteiger partial charge is 0.408 e. The van der Waals surface area contributed by atoms with Crippen LogP contribution in [0.5, 0.6) is 0 Å². The molecule has 1 saturated carbocycles. The molecule has 1 unspecified atom stereocenters. The highest BCUT2D eigenvalue weighted by atomic mass is 35.5. The fourth-order valence-electron chi connectivity index (χ4n) is 3.65. The molecule has 1 atom stereocenters. The summed E-state index contributed by atoms with van der Waals surface area (Å²) in [6.07, 6.45) is 6.74. The standard InChI is InChI=1S/C21H36N4O3S.ClH/c1-15(2)13-18(25(14-26)17-9-7-6-8-10-17)19(27)20-22-23-21(28-20)29-12-11-24(5)16(3)4;/h14-18H,6-13H2,1-5H3;1H. The first-order valence-corrected chi connectivity index (χ1v) is 11.8. The van der Waals surface area contributed by atoms with Gasteiger partial charge in [-0.05, 0) is 46.1 Å². The van der Waals surface area contributed by atoms with Gasteiger partial charge in [-0.25, -0.2) is 0 Å². The Morgan fingerprint density at radius 1 is 1.20 bits per heavy atom. The van der Waals surface area contributed by atoms with Gasteiger partial charge in [0.2, 0.25) is 12.2 Å². The number of hydrogen-bond donors (Lipinski definition) is 0. The molecule has 1 aliphatic carbocycles. The van der Waals surface area contributed by atoms with Crippen molar-refractivity contribution < 1.29 is 14.0 Å². The zero-order valence-corrected chi connectivity index (χ0v) is 20.5. The third kappa shape index (κ3) is 7.85. The van der Waals surface area contributed by atoms with Crippen LogP contribution in [0, 0.1) is 5.92 Å². The average molecular weight is 461 g/mol. The van der Waals surface area contributed by atoms with Gasteiger partial charge in [-0.15, -0.1) is 22.6 Å². The molecule has 7 nitrogen and oxygen atoms in total. The first-order chi connectivity index (χ1) is 13.8. The molecule has 0 radical (unpaired) electrons. The molecule has 30 heavy (non-hydrogen) atoms. The minimum Gasteiger partial charge on any atom is -0.408 e. The van der Waals surface area contributed by atoms with Crippen LogP contribution >= 0.6 is 24.2 Å². The molecule has 0 bridgehead atoms. The number of nitrogens with zero attached hydrogens (tertiary/aromatic N) is 4. The van der Waals surface area contributed by atoms with Crippen molar-refractivity contribution in [2.45, 2.75) is 89.6 Å². The Hall–Kier alpha value is -1.12. The van der Waals surface area contributed by atoms with Crippen LogP contribution in [-0.4, -0.2) is 69.7 Å². The van der Waals surface area contributed by atoms with Gasteiger partial charge in [0.25, 0.3) is 11.1 Å². The quantitative estimate of drug-likeness (QED) is 0.261. The van der Waals surface area contributed by atoms with Gasteiger partial charge in [0.1, 0.15) is 6.04 Å². The number of amides is 1. The first-order valence-electron chi connectivity index (χ1n) is 10.8. The first kappa shape index (κ1) is 26.9. The highest BCUT2D eigenvalue weighted by Crippen LogP contribution is 2.27. The van der Waals surface area contributed by atoms with Crippen LogP contribution in [0.25, 0.3) is 0 Å². The second kappa shape index (κ2) is 13.3. The minimum atomic E-state index is -0.541. The Morgan fingerprint density at radius 3 is 2.43 bits per heavy atom. The molecule has 1 aliphatic rings. The van der Waals surface area contributed by atoms with Crippen molar-refractivity contribution in [1.82, 2.24) is 20.0 Å². The van der Waals surface area contributed by atoms with Gasteiger partial charge >= 0.3 is 0 Å². The minimum absolute atomic E-state index is 0. The molecule has 1 aromatic rings. The van der Waals surface area contributed by atoms with Crippen molar-refractivity contribution in [2.75, 3.05) is 19.3 Å². The van der Waals surface area contributed by atoms with Crippen LogP contribution in [0.3, 0.4) is 0 Å². The van der Waals surface area contributed by atoms with Gasteiger partial charge in [0, 0.05) is 24.4 Å². The second-order valence-electron chi connectivity index (χ2n) is 8.65. The van der Waals surface area contributed by atoms with E-state index >= 15 is 0 Å². The second-order valence-corrected chi connectivity index (χ2v) is 9.70. The molecule has 172 valence electrons. The van der Waals surface area contributed by atoms with Crippen LogP contribution in [0.4, 0.5) is 0 Å². The summed E-state index contributed by atoms with van der Waals surface area (Å²) in [6, 6.07) is 0.0552. The number of ketones is 1. The Morgan fingerprint density at radius 2 is 1.87 bits per heavy atom. The predicted octanol–water partition coefficient (Wildman–Crippen LogP) is 4.31. The molecule has 9 heteroatoms. The van der Waals surface area contributed by atoms with Crippen molar-refractivity contribution in [2.24, 2.45) is 5.92 Å². The van der Waals surface area contributed by atoms with E-state index in [1.807, 2.05) is 0 Å². The maximum absolute atomic E-state index is 13.2. The molecule has 0 saturated heterocycles. The van der Waals surface area contributed by atoms with E-state index in [1.54, 1.807) is 4.90 Å². The normalized spacial score (nSPS) is 16.0. The highest BCUT2D eigenvalue weighted by molar-refractivity contribution is 7.99. The molecule has 1 amide bonds. The van der Waals surface area contributed by atoms with E-state index in [0.29, 0.717) is 17.7 Å². The zero-order chi connectivity index (χ0) is 21.4. The monoisotopic (exact) mass is 460 g/mol. The Labute approximate surface area is 191 Å². The number of aromatic nitrogens is 2. The van der Waals surface area contributed by atoms with E-state index < -0.39 is 6.04 Å². The third-order valence-corrected chi connectivity index (χ3v) is 6.44. The molecule has 0 aliphatic heterocycles. The zero-order valence-electron chi connectivity index (χ0n) is 18.9. The number of Topliss-reactive ketones (excluding diaryl/α,β-unsaturated/α-hetero) is 1. The van der Waals surface area contributed by atoms with Crippen molar-refractivity contribution in [3.05, 3.63) is 5.89 Å². The molecule has 2 rings (SSSR count). The van der Waals surface area contributed by atoms with Gasteiger partial charge < -0.3 is 14.2 Å². The topological polar surface area (TPSA) is 79.5 Å². The summed E-state index contributed by atoms with van der Waals surface area (Å²) in [5.74, 6) is 0.856. The van der Waals surface area contributed by atoms with Crippen LogP contribution in [0.15, 0.2) is 9.64 Å². The summed E-state index contributed by atoms with van der Waals surface area (Å²) in [6.45, 7) is 9.31. The lowest BCUT2D eigenvalue weighted by molar-refractivity contribution is -0.122. The average Bonchev–Trinajstić information content (AvgIpc) is 3.16. The Bertz CT molecular complexity index is 650. The molecule has 0 spiro atoms. The van der Waals surface area contributed by atoms with Gasteiger partial charge in [0.15, 0.2) is 0 Å². The summed E-state index contributed by atoms with van der Waals surface area (Å²) >= 11 is 1.45. The highest BCUT2D eigenvalue weighted by Gasteiger charge is 2.35. The Balaban J connectivity index is 0.00000450. The lowest BCUT2D eigenvalue weighted by Crippen LogP contribution is -2.48. The third-order valence-electron chi connectivity index (χ3n) is 5.64. The Kier molecular flexibility index (Phi) is 12.0. The maximum Gasteiger partial charge on any atom is 0.286 e. The molecule has 1 aromatic heterocycles. The fraction of sp³-hybridized carbons (Fsp3) is 0.810. The number of carbonyl (C=O) groups is 2. The van der Waals surface area contributed by atoms with Crippen LogP contribution in [-0.2, 0) is 4.79 Å². The summed E-state index contributed by atoms with van der Waals surface area (Å²) < 4.78 is 5.66. The van der Waals surface area contributed by atoms with E-state index in [2.05, 4.69) is 49.8 Å². The van der Waals surface area contributed by atoms with Gasteiger partial charge in [-0.3, -0.25) is 9.59 Å². The predicted molar refractivity (Wildman–Crippen MR) is 122 cm³/mol. The van der Waals surface area contributed by atoms with E-state index in [9.17, 15) is 9.59 Å². The molecule has 0 aromatic carbocycles. The van der Waals surface area contributed by atoms with E-state index in [1.165, 1.54) is 18.2 Å². The smallest absolute Gasteiger partial charge is 0.286 e. The van der Waals surface area contributed by atoms with Gasteiger partial charge in [0.05, 0.1) is 0 Å². The van der Waals surface area contributed by atoms with Crippen molar-refractivity contribution in [3.63, 3.8) is 0 Å². The lowest BCUT2D eigenvalue weighted by Gasteiger charge is -2.36. The van der Waals surface area contributed by atoms with Crippen LogP contribution in [0.2, 0.25) is 0 Å². The van der Waals surface area contributed by atoms with Gasteiger partial charge in [-0.2, -0.15) is 0 Å². The molecule has 1 fully saturated rings. The van der Waals surface area contributed by atoms with Gasteiger partial charge in [-0.1, -0.05) is 44.9 Å². The fourth-order valence-corrected chi connectivity index (χ4v) is 4.44. The lowest BCUT2D eigenvalue weighted by atomic mass is 9.91. The SMILES string of the molecule is CC(C)CC(C(=O)c1nnc(SCCN(C)C(C)C)o1)N(C=O)C1CCCCC1.Cl.